The van der Waals surface area contributed by atoms with E-state index < -0.39 is 0 Å². The van der Waals surface area contributed by atoms with Crippen molar-refractivity contribution < 1.29 is 0 Å². The topological polar surface area (TPSA) is 49.1 Å². The van der Waals surface area contributed by atoms with Crippen molar-refractivity contribution in [1.82, 2.24) is 4.98 Å². The van der Waals surface area contributed by atoms with Crippen molar-refractivity contribution in [2.24, 2.45) is 4.99 Å². The SMILES string of the molecule is Cc1ccc(CCN=CCC=N)c(C)n1. The fraction of sp³-hybridized carbons (Fsp3) is 0.417. The molecule has 0 aliphatic heterocycles. The van der Waals surface area contributed by atoms with E-state index in [0.717, 1.165) is 24.4 Å². The van der Waals surface area contributed by atoms with Gasteiger partial charge in [0.25, 0.3) is 0 Å². The fourth-order valence-electron chi connectivity index (χ4n) is 1.38. The van der Waals surface area contributed by atoms with E-state index in [4.69, 9.17) is 5.41 Å². The molecule has 0 saturated heterocycles. The van der Waals surface area contributed by atoms with Crippen LogP contribution in [-0.4, -0.2) is 24.0 Å². The molecule has 3 nitrogen and oxygen atoms in total. The van der Waals surface area contributed by atoms with Crippen molar-refractivity contribution in [1.29, 1.82) is 5.41 Å². The molecule has 1 rings (SSSR count). The Bertz CT molecular complexity index is 356. The molecular weight excluding hydrogens is 186 g/mol. The summed E-state index contributed by atoms with van der Waals surface area (Å²) in [6, 6.07) is 4.15. The summed E-state index contributed by atoms with van der Waals surface area (Å²) >= 11 is 0. The molecule has 0 unspecified atom stereocenters. The number of rotatable bonds is 5. The minimum atomic E-state index is 0.630. The Labute approximate surface area is 90.8 Å². The van der Waals surface area contributed by atoms with Gasteiger partial charge in [-0.2, -0.15) is 0 Å². The van der Waals surface area contributed by atoms with Gasteiger partial charge < -0.3 is 5.41 Å². The first-order valence-corrected chi connectivity index (χ1v) is 5.14. The van der Waals surface area contributed by atoms with E-state index in [-0.39, 0.29) is 0 Å². The van der Waals surface area contributed by atoms with E-state index in [9.17, 15) is 0 Å². The quantitative estimate of drug-likeness (QED) is 0.734. The van der Waals surface area contributed by atoms with Crippen molar-refractivity contribution in [3.63, 3.8) is 0 Å². The van der Waals surface area contributed by atoms with Gasteiger partial charge in [-0.3, -0.25) is 9.98 Å². The fourth-order valence-corrected chi connectivity index (χ4v) is 1.38. The van der Waals surface area contributed by atoms with Crippen LogP contribution in [0.3, 0.4) is 0 Å². The number of hydrogen-bond acceptors (Lipinski definition) is 3. The Kier molecular flexibility index (Phi) is 4.68. The lowest BCUT2D eigenvalue weighted by molar-refractivity contribution is 0.934. The first-order valence-electron chi connectivity index (χ1n) is 5.14. The number of aliphatic imine (C=N–C) groups is 1. The summed E-state index contributed by atoms with van der Waals surface area (Å²) < 4.78 is 0. The van der Waals surface area contributed by atoms with Crippen LogP contribution in [0.5, 0.6) is 0 Å². The summed E-state index contributed by atoms with van der Waals surface area (Å²) in [5.74, 6) is 0. The number of hydrogen-bond donors (Lipinski definition) is 1. The molecule has 3 heteroatoms. The van der Waals surface area contributed by atoms with Crippen LogP contribution < -0.4 is 0 Å². The molecule has 0 radical (unpaired) electrons. The minimum Gasteiger partial charge on any atom is -0.313 e. The van der Waals surface area contributed by atoms with Gasteiger partial charge in [-0.05, 0) is 31.9 Å². The molecule has 80 valence electrons. The highest BCUT2D eigenvalue weighted by atomic mass is 14.7. The molecule has 0 atom stereocenters. The number of nitrogens with zero attached hydrogens (tertiary/aromatic N) is 2. The van der Waals surface area contributed by atoms with Crippen molar-refractivity contribution >= 4 is 12.4 Å². The van der Waals surface area contributed by atoms with Crippen LogP contribution in [0.15, 0.2) is 17.1 Å². The molecule has 0 amide bonds. The van der Waals surface area contributed by atoms with Gasteiger partial charge in [0.1, 0.15) is 0 Å². The summed E-state index contributed by atoms with van der Waals surface area (Å²) in [5.41, 5.74) is 3.41. The third kappa shape index (κ3) is 4.02. The number of nitrogens with one attached hydrogen (secondary N) is 1. The average Bonchev–Trinajstić information content (AvgIpc) is 2.20. The Morgan fingerprint density at radius 2 is 2.20 bits per heavy atom. The maximum Gasteiger partial charge on any atom is 0.0426 e. The zero-order chi connectivity index (χ0) is 11.1. The lowest BCUT2D eigenvalue weighted by atomic mass is 10.1. The highest BCUT2D eigenvalue weighted by Crippen LogP contribution is 2.07. The van der Waals surface area contributed by atoms with Crippen LogP contribution in [-0.2, 0) is 6.42 Å². The molecule has 0 spiro atoms. The predicted octanol–water partition coefficient (Wildman–Crippen LogP) is 2.35. The van der Waals surface area contributed by atoms with E-state index in [2.05, 4.69) is 16.0 Å². The number of pyridine rings is 1. The van der Waals surface area contributed by atoms with Gasteiger partial charge in [-0.15, -0.1) is 0 Å². The van der Waals surface area contributed by atoms with Gasteiger partial charge in [-0.25, -0.2) is 0 Å². The molecule has 0 bridgehead atoms. The standard InChI is InChI=1S/C12H17N3/c1-10-4-5-12(11(2)15-10)6-9-14-8-3-7-13/h4-5,7-8,13H,3,6,9H2,1-2H3. The number of aryl methyl sites for hydroxylation is 2. The van der Waals surface area contributed by atoms with Crippen LogP contribution in [0.1, 0.15) is 23.4 Å². The van der Waals surface area contributed by atoms with E-state index in [1.165, 1.54) is 11.8 Å². The summed E-state index contributed by atoms with van der Waals surface area (Å²) in [6.07, 6.45) is 4.69. The molecule has 1 aromatic rings. The van der Waals surface area contributed by atoms with Gasteiger partial charge in [0.2, 0.25) is 0 Å². The van der Waals surface area contributed by atoms with Crippen molar-refractivity contribution in [3.05, 3.63) is 29.1 Å². The van der Waals surface area contributed by atoms with Crippen molar-refractivity contribution in [2.45, 2.75) is 26.7 Å². The van der Waals surface area contributed by atoms with Gasteiger partial charge in [-0.1, -0.05) is 6.07 Å². The Morgan fingerprint density at radius 1 is 1.40 bits per heavy atom. The van der Waals surface area contributed by atoms with E-state index in [1.54, 1.807) is 6.21 Å². The summed E-state index contributed by atoms with van der Waals surface area (Å²) in [4.78, 5) is 8.62. The molecule has 0 aromatic carbocycles. The van der Waals surface area contributed by atoms with Crippen LogP contribution in [0, 0.1) is 19.3 Å². The lowest BCUT2D eigenvalue weighted by Crippen LogP contribution is -1.97. The highest BCUT2D eigenvalue weighted by molar-refractivity contribution is 5.77. The minimum absolute atomic E-state index is 0.630. The second kappa shape index (κ2) is 6.06. The summed E-state index contributed by atoms with van der Waals surface area (Å²) in [7, 11) is 0. The Morgan fingerprint density at radius 3 is 2.87 bits per heavy atom. The molecule has 1 aromatic heterocycles. The van der Waals surface area contributed by atoms with E-state index in [0.29, 0.717) is 6.42 Å². The molecule has 0 aliphatic carbocycles. The molecule has 1 N–H and O–H groups in total. The number of aromatic nitrogens is 1. The van der Waals surface area contributed by atoms with Crippen LogP contribution in [0.4, 0.5) is 0 Å². The monoisotopic (exact) mass is 203 g/mol. The smallest absolute Gasteiger partial charge is 0.0426 e. The molecule has 1 heterocycles. The van der Waals surface area contributed by atoms with Crippen LogP contribution in [0.2, 0.25) is 0 Å². The summed E-state index contributed by atoms with van der Waals surface area (Å²) in [6.45, 7) is 4.81. The maximum atomic E-state index is 6.83. The molecule has 0 saturated carbocycles. The largest absolute Gasteiger partial charge is 0.313 e. The second-order valence-corrected chi connectivity index (χ2v) is 3.48. The van der Waals surface area contributed by atoms with E-state index >= 15 is 0 Å². The van der Waals surface area contributed by atoms with Gasteiger partial charge in [0, 0.05) is 36.8 Å². The van der Waals surface area contributed by atoms with Crippen LogP contribution in [0.25, 0.3) is 0 Å². The highest BCUT2D eigenvalue weighted by Gasteiger charge is 1.98. The van der Waals surface area contributed by atoms with Gasteiger partial charge >= 0.3 is 0 Å². The molecule has 0 aliphatic rings. The van der Waals surface area contributed by atoms with Gasteiger partial charge in [0.05, 0.1) is 0 Å². The average molecular weight is 203 g/mol. The maximum absolute atomic E-state index is 6.83. The third-order valence-corrected chi connectivity index (χ3v) is 2.20. The zero-order valence-corrected chi connectivity index (χ0v) is 9.33. The van der Waals surface area contributed by atoms with Crippen molar-refractivity contribution in [2.75, 3.05) is 6.54 Å². The first kappa shape index (κ1) is 11.6. The predicted molar refractivity (Wildman–Crippen MR) is 64.2 cm³/mol. The van der Waals surface area contributed by atoms with Crippen LogP contribution >= 0.6 is 0 Å². The third-order valence-electron chi connectivity index (χ3n) is 2.20. The first-order chi connectivity index (χ1) is 7.24. The summed E-state index contributed by atoms with van der Waals surface area (Å²) in [5, 5.41) is 6.83. The molecule has 0 fully saturated rings. The second-order valence-electron chi connectivity index (χ2n) is 3.48. The lowest BCUT2D eigenvalue weighted by Gasteiger charge is -2.03. The normalized spacial score (nSPS) is 10.8. The Hall–Kier alpha value is -1.51. The van der Waals surface area contributed by atoms with Crippen molar-refractivity contribution in [3.8, 4) is 0 Å². The molecule has 15 heavy (non-hydrogen) atoms. The van der Waals surface area contributed by atoms with E-state index in [1.807, 2.05) is 19.9 Å². The van der Waals surface area contributed by atoms with Gasteiger partial charge in [0.15, 0.2) is 0 Å². The zero-order valence-electron chi connectivity index (χ0n) is 9.33. The Balaban J connectivity index is 2.47. The molecular formula is C12H17N3.